The van der Waals surface area contributed by atoms with Crippen molar-refractivity contribution in [3.63, 3.8) is 0 Å². The van der Waals surface area contributed by atoms with E-state index in [1.807, 2.05) is 85.8 Å². The number of furan rings is 1. The van der Waals surface area contributed by atoms with Gasteiger partial charge in [0.05, 0.1) is 34.3 Å². The van der Waals surface area contributed by atoms with Gasteiger partial charge in [-0.1, -0.05) is 36.4 Å². The van der Waals surface area contributed by atoms with E-state index in [2.05, 4.69) is 20.2 Å². The van der Waals surface area contributed by atoms with Crippen LogP contribution in [0.15, 0.2) is 120 Å². The molecule has 0 radical (unpaired) electrons. The van der Waals surface area contributed by atoms with Crippen LogP contribution in [0.4, 0.5) is 17.3 Å². The van der Waals surface area contributed by atoms with Gasteiger partial charge >= 0.3 is 11.9 Å². The molecular weight excluding hydrogens is 544 g/mol. The van der Waals surface area contributed by atoms with Crippen LogP contribution in [0, 0.1) is 6.92 Å². The van der Waals surface area contributed by atoms with Crippen molar-refractivity contribution >= 4 is 34.8 Å². The number of allylic oxidation sites excluding steroid dienone is 2. The highest BCUT2D eigenvalue weighted by Gasteiger charge is 2.23. The number of aromatic nitrogens is 2. The lowest BCUT2D eigenvalue weighted by Crippen LogP contribution is -2.18. The maximum Gasteiger partial charge on any atom is 0.335 e. The van der Waals surface area contributed by atoms with Gasteiger partial charge in [-0.2, -0.15) is 0 Å². The fourth-order valence-corrected chi connectivity index (χ4v) is 4.90. The summed E-state index contributed by atoms with van der Waals surface area (Å²) in [4.78, 5) is 34.5. The molecule has 9 heteroatoms. The van der Waals surface area contributed by atoms with Gasteiger partial charge in [0.25, 0.3) is 0 Å². The molecular formula is C34H26N4O5. The van der Waals surface area contributed by atoms with Crippen molar-refractivity contribution in [2.75, 3.05) is 4.90 Å². The summed E-state index contributed by atoms with van der Waals surface area (Å²) in [6, 6.07) is 27.0. The molecule has 5 aromatic rings. The number of dihydropyridines is 1. The molecule has 4 heterocycles. The van der Waals surface area contributed by atoms with Crippen LogP contribution >= 0.6 is 0 Å². The third-order valence-corrected chi connectivity index (χ3v) is 6.97. The zero-order chi connectivity index (χ0) is 29.9. The van der Waals surface area contributed by atoms with Crippen molar-refractivity contribution in [3.05, 3.63) is 144 Å². The van der Waals surface area contributed by atoms with E-state index in [1.165, 1.54) is 30.5 Å². The zero-order valence-corrected chi connectivity index (χ0v) is 23.0. The number of nitrogens with zero attached hydrogens (tertiary/aromatic N) is 3. The number of rotatable bonds is 8. The Bertz CT molecular complexity index is 1840. The topological polar surface area (TPSA) is 129 Å². The molecule has 0 spiro atoms. The normalized spacial score (nSPS) is 14.1. The number of para-hydroxylation sites is 2. The summed E-state index contributed by atoms with van der Waals surface area (Å²) in [5.74, 6) is -0.939. The zero-order valence-electron chi connectivity index (χ0n) is 23.0. The van der Waals surface area contributed by atoms with Gasteiger partial charge in [-0.3, -0.25) is 9.88 Å². The average Bonchev–Trinajstić information content (AvgIpc) is 3.43. The van der Waals surface area contributed by atoms with Gasteiger partial charge in [0.2, 0.25) is 5.88 Å². The molecule has 1 atom stereocenters. The van der Waals surface area contributed by atoms with Gasteiger partial charge < -0.3 is 19.9 Å². The highest BCUT2D eigenvalue weighted by molar-refractivity contribution is 5.90. The number of aryl methyl sites for hydroxylation is 1. The van der Waals surface area contributed by atoms with Crippen molar-refractivity contribution in [2.24, 2.45) is 0 Å². The molecule has 1 unspecified atom stereocenters. The number of hydrogen-bond donors (Lipinski definition) is 3. The van der Waals surface area contributed by atoms with Crippen LogP contribution in [0.1, 0.15) is 43.8 Å². The number of nitrogens with one attached hydrogen (secondary N) is 1. The first-order valence-corrected chi connectivity index (χ1v) is 13.5. The van der Waals surface area contributed by atoms with Gasteiger partial charge in [-0.15, -0.1) is 0 Å². The van der Waals surface area contributed by atoms with Crippen LogP contribution < -0.4 is 10.2 Å². The Balaban J connectivity index is 1.39. The Morgan fingerprint density at radius 1 is 0.837 bits per heavy atom. The Labute approximate surface area is 247 Å². The molecule has 0 fully saturated rings. The van der Waals surface area contributed by atoms with Gasteiger partial charge in [0.1, 0.15) is 5.76 Å². The minimum absolute atomic E-state index is 0.00586. The molecule has 0 saturated carbocycles. The molecule has 0 aliphatic carbocycles. The van der Waals surface area contributed by atoms with E-state index >= 15 is 0 Å². The van der Waals surface area contributed by atoms with Crippen molar-refractivity contribution in [1.29, 1.82) is 0 Å². The van der Waals surface area contributed by atoms with E-state index in [1.54, 1.807) is 6.20 Å². The van der Waals surface area contributed by atoms with Crippen LogP contribution in [-0.2, 0) is 0 Å². The van der Waals surface area contributed by atoms with E-state index in [0.29, 0.717) is 17.3 Å². The second-order valence-corrected chi connectivity index (χ2v) is 9.91. The van der Waals surface area contributed by atoms with Crippen LogP contribution in [0.25, 0.3) is 17.0 Å². The number of carboxylic acid groups (broad SMARTS) is 2. The molecule has 6 rings (SSSR count). The molecule has 2 aromatic carbocycles. The lowest BCUT2D eigenvalue weighted by Gasteiger charge is -2.23. The van der Waals surface area contributed by atoms with Crippen molar-refractivity contribution in [3.8, 4) is 11.4 Å². The maximum absolute atomic E-state index is 12.0. The Hall–Kier alpha value is -5.96. The highest BCUT2D eigenvalue weighted by atomic mass is 16.4. The highest BCUT2D eigenvalue weighted by Crippen LogP contribution is 2.40. The molecule has 3 aromatic heterocycles. The molecule has 0 amide bonds. The first kappa shape index (κ1) is 27.2. The Morgan fingerprint density at radius 2 is 1.49 bits per heavy atom. The lowest BCUT2D eigenvalue weighted by molar-refractivity contribution is 0.0685. The predicted molar refractivity (Wildman–Crippen MR) is 163 cm³/mol. The second-order valence-electron chi connectivity index (χ2n) is 9.91. The minimum Gasteiger partial charge on any atom is -0.478 e. The van der Waals surface area contributed by atoms with E-state index in [-0.39, 0.29) is 22.5 Å². The van der Waals surface area contributed by atoms with Crippen LogP contribution in [0.2, 0.25) is 0 Å². The summed E-state index contributed by atoms with van der Waals surface area (Å²) in [5.41, 5.74) is 4.60. The smallest absolute Gasteiger partial charge is 0.335 e. The number of pyridine rings is 2. The largest absolute Gasteiger partial charge is 0.478 e. The lowest BCUT2D eigenvalue weighted by atomic mass is 10.0. The van der Waals surface area contributed by atoms with E-state index < -0.39 is 18.0 Å². The number of benzene rings is 2. The van der Waals surface area contributed by atoms with Crippen LogP contribution in [0.3, 0.4) is 0 Å². The summed E-state index contributed by atoms with van der Waals surface area (Å²) in [6.45, 7) is 1.99. The van der Waals surface area contributed by atoms with Crippen molar-refractivity contribution in [1.82, 2.24) is 15.3 Å². The molecule has 3 N–H and O–H groups in total. The van der Waals surface area contributed by atoms with Gasteiger partial charge in [-0.25, -0.2) is 14.6 Å². The van der Waals surface area contributed by atoms with Crippen molar-refractivity contribution in [2.45, 2.75) is 13.0 Å². The van der Waals surface area contributed by atoms with Gasteiger partial charge in [0.15, 0.2) is 0 Å². The number of carboxylic acids is 2. The van der Waals surface area contributed by atoms with Crippen molar-refractivity contribution < 1.29 is 24.2 Å². The summed E-state index contributed by atoms with van der Waals surface area (Å²) in [6.07, 6.45) is 6.92. The number of anilines is 3. The fraction of sp³-hybridized carbons (Fsp3) is 0.0588. The molecule has 0 bridgehead atoms. The standard InChI is InChI=1S/C34H26N4O5/c1-21-16-31(43-32(21)38(25-8-4-2-5-9-25)26-10-6-3-7-11-26)22-12-14-35-27(17-22)29-19-24(34(41)42)20-30(37-29)28-18-23(33(39)40)13-15-36-28/h2-20,27,35H,1H3,(H,39,40)(H,41,42). The third kappa shape index (κ3) is 5.64. The number of carbonyl (C=O) groups is 2. The predicted octanol–water partition coefficient (Wildman–Crippen LogP) is 7.15. The summed E-state index contributed by atoms with van der Waals surface area (Å²) in [5, 5.41) is 22.4. The summed E-state index contributed by atoms with van der Waals surface area (Å²) in [7, 11) is 0. The molecule has 1 aliphatic rings. The third-order valence-electron chi connectivity index (χ3n) is 6.97. The van der Waals surface area contributed by atoms with E-state index in [9.17, 15) is 19.8 Å². The van der Waals surface area contributed by atoms with Gasteiger partial charge in [-0.05, 0) is 79.9 Å². The number of aromatic carboxylic acids is 2. The maximum atomic E-state index is 12.0. The van der Waals surface area contributed by atoms with E-state index in [4.69, 9.17) is 4.42 Å². The van der Waals surface area contributed by atoms with E-state index in [0.717, 1.165) is 22.5 Å². The van der Waals surface area contributed by atoms with Gasteiger partial charge in [0, 0.05) is 28.7 Å². The first-order valence-electron chi connectivity index (χ1n) is 13.5. The first-order chi connectivity index (χ1) is 20.9. The Morgan fingerprint density at radius 3 is 2.14 bits per heavy atom. The monoisotopic (exact) mass is 570 g/mol. The fourth-order valence-electron chi connectivity index (χ4n) is 4.90. The quantitative estimate of drug-likeness (QED) is 0.178. The molecule has 1 aliphatic heterocycles. The molecule has 0 saturated heterocycles. The van der Waals surface area contributed by atoms with Crippen LogP contribution in [-0.4, -0.2) is 32.1 Å². The Kier molecular flexibility index (Phi) is 7.28. The summed E-state index contributed by atoms with van der Waals surface area (Å²) < 4.78 is 6.50. The average molecular weight is 571 g/mol. The van der Waals surface area contributed by atoms with Crippen LogP contribution in [0.5, 0.6) is 0 Å². The SMILES string of the molecule is Cc1cc(C2=CC(c3cc(C(=O)O)cc(-c4cc(C(=O)O)ccn4)n3)NC=C2)oc1N(c1ccccc1)c1ccccc1. The molecule has 43 heavy (non-hydrogen) atoms. The molecule has 9 nitrogen and oxygen atoms in total. The summed E-state index contributed by atoms with van der Waals surface area (Å²) >= 11 is 0. The minimum atomic E-state index is -1.14. The molecule has 212 valence electrons. The second kappa shape index (κ2) is 11.5. The number of hydrogen-bond acceptors (Lipinski definition) is 7.